The molecule has 0 bridgehead atoms. The van der Waals surface area contributed by atoms with Crippen LogP contribution in [0.15, 0.2) is 24.3 Å². The van der Waals surface area contributed by atoms with Crippen molar-refractivity contribution in [1.82, 2.24) is 0 Å². The van der Waals surface area contributed by atoms with Crippen molar-refractivity contribution in [3.63, 3.8) is 0 Å². The number of carbonyl (C=O) groups excluding carboxylic acids is 1. The van der Waals surface area contributed by atoms with E-state index in [2.05, 4.69) is 6.92 Å². The van der Waals surface area contributed by atoms with Crippen LogP contribution in [0.2, 0.25) is 0 Å². The van der Waals surface area contributed by atoms with Crippen molar-refractivity contribution < 1.29 is 9.53 Å². The van der Waals surface area contributed by atoms with Gasteiger partial charge in [0.25, 0.3) is 0 Å². The van der Waals surface area contributed by atoms with Crippen LogP contribution in [0.25, 0.3) is 0 Å². The molecule has 0 heterocycles. The van der Waals surface area contributed by atoms with Crippen molar-refractivity contribution in [2.45, 2.75) is 58.3 Å². The molecular formula is C19H28O2. The highest BCUT2D eigenvalue weighted by atomic mass is 16.5. The largest absolute Gasteiger partial charge is 0.497 e. The lowest BCUT2D eigenvalue weighted by Crippen LogP contribution is -2.22. The smallest absolute Gasteiger partial charge is 0.165 e. The summed E-state index contributed by atoms with van der Waals surface area (Å²) in [5, 5.41) is 0. The van der Waals surface area contributed by atoms with Gasteiger partial charge in [-0.05, 0) is 55.9 Å². The fraction of sp³-hybridized carbons (Fsp3) is 0.632. The molecule has 1 aliphatic carbocycles. The Morgan fingerprint density at radius 1 is 1.10 bits per heavy atom. The molecule has 0 aromatic heterocycles. The number of methoxy groups -OCH3 is 1. The van der Waals surface area contributed by atoms with Crippen LogP contribution in [0.1, 0.15) is 68.6 Å². The topological polar surface area (TPSA) is 26.3 Å². The molecule has 0 radical (unpaired) electrons. The lowest BCUT2D eigenvalue weighted by Gasteiger charge is -2.27. The van der Waals surface area contributed by atoms with Crippen molar-refractivity contribution in [3.05, 3.63) is 29.8 Å². The molecule has 21 heavy (non-hydrogen) atoms. The summed E-state index contributed by atoms with van der Waals surface area (Å²) in [7, 11) is 1.65. The van der Waals surface area contributed by atoms with E-state index in [0.29, 0.717) is 5.78 Å². The van der Waals surface area contributed by atoms with E-state index in [0.717, 1.165) is 30.1 Å². The third-order valence-electron chi connectivity index (χ3n) is 4.81. The Bertz CT molecular complexity index is 427. The zero-order valence-corrected chi connectivity index (χ0v) is 13.4. The Morgan fingerprint density at radius 2 is 1.76 bits per heavy atom. The highest BCUT2D eigenvalue weighted by molar-refractivity contribution is 5.97. The summed E-state index contributed by atoms with van der Waals surface area (Å²) >= 11 is 0. The number of ether oxygens (including phenoxy) is 1. The predicted octanol–water partition coefficient (Wildman–Crippen LogP) is 5.26. The molecule has 116 valence electrons. The molecule has 1 aromatic rings. The lowest BCUT2D eigenvalue weighted by atomic mass is 9.77. The van der Waals surface area contributed by atoms with E-state index in [1.54, 1.807) is 7.11 Å². The Hall–Kier alpha value is -1.31. The highest BCUT2D eigenvalue weighted by Gasteiger charge is 2.26. The monoisotopic (exact) mass is 288 g/mol. The van der Waals surface area contributed by atoms with Gasteiger partial charge < -0.3 is 4.74 Å². The molecule has 0 N–H and O–H groups in total. The number of carbonyl (C=O) groups is 1. The van der Waals surface area contributed by atoms with Gasteiger partial charge in [0, 0.05) is 11.5 Å². The quantitative estimate of drug-likeness (QED) is 0.505. The van der Waals surface area contributed by atoms with Gasteiger partial charge in [0.1, 0.15) is 5.75 Å². The normalized spacial score (nSPS) is 22.0. The number of hydrogen-bond acceptors (Lipinski definition) is 2. The van der Waals surface area contributed by atoms with E-state index >= 15 is 0 Å². The minimum absolute atomic E-state index is 0.237. The second-order valence-corrected chi connectivity index (χ2v) is 6.31. The maximum Gasteiger partial charge on any atom is 0.165 e. The number of hydrogen-bond donors (Lipinski definition) is 0. The fourth-order valence-corrected chi connectivity index (χ4v) is 3.39. The van der Waals surface area contributed by atoms with Gasteiger partial charge in [-0.1, -0.05) is 32.6 Å². The molecule has 0 spiro atoms. The van der Waals surface area contributed by atoms with Crippen LogP contribution in [0.3, 0.4) is 0 Å². The number of ketones is 1. The Labute approximate surface area is 128 Å². The number of benzene rings is 1. The highest BCUT2D eigenvalue weighted by Crippen LogP contribution is 2.34. The average Bonchev–Trinajstić information content (AvgIpc) is 2.55. The molecule has 1 aliphatic rings. The van der Waals surface area contributed by atoms with Gasteiger partial charge in [0.2, 0.25) is 0 Å². The molecule has 0 amide bonds. The van der Waals surface area contributed by atoms with Gasteiger partial charge in [-0.25, -0.2) is 0 Å². The van der Waals surface area contributed by atoms with Crippen LogP contribution in [-0.2, 0) is 0 Å². The molecule has 0 aliphatic heterocycles. The molecule has 1 saturated carbocycles. The van der Waals surface area contributed by atoms with Gasteiger partial charge in [-0.15, -0.1) is 0 Å². The van der Waals surface area contributed by atoms with E-state index in [1.807, 2.05) is 24.3 Å². The number of rotatable bonds is 7. The van der Waals surface area contributed by atoms with E-state index < -0.39 is 0 Å². The summed E-state index contributed by atoms with van der Waals surface area (Å²) in [6.07, 6.45) is 9.97. The Balaban J connectivity index is 1.82. The Morgan fingerprint density at radius 3 is 2.33 bits per heavy atom. The van der Waals surface area contributed by atoms with Gasteiger partial charge in [-0.3, -0.25) is 4.79 Å². The number of unbranched alkanes of at least 4 members (excludes halogenated alkanes) is 2. The van der Waals surface area contributed by atoms with Crippen molar-refractivity contribution in [2.75, 3.05) is 7.11 Å². The standard InChI is InChI=1S/C19H28O2/c1-3-4-5-6-15-7-9-16(10-8-15)19(20)17-11-13-18(21-2)14-12-17/h11-16H,3-10H2,1-2H3. The van der Waals surface area contributed by atoms with E-state index in [4.69, 9.17) is 4.74 Å². The van der Waals surface area contributed by atoms with Crippen molar-refractivity contribution >= 4 is 5.78 Å². The third-order valence-corrected chi connectivity index (χ3v) is 4.81. The molecule has 0 saturated heterocycles. The first-order chi connectivity index (χ1) is 10.2. The molecule has 0 atom stereocenters. The first-order valence-electron chi connectivity index (χ1n) is 8.42. The van der Waals surface area contributed by atoms with Crippen molar-refractivity contribution in [3.8, 4) is 5.75 Å². The zero-order chi connectivity index (χ0) is 15.1. The van der Waals surface area contributed by atoms with E-state index in [1.165, 1.54) is 38.5 Å². The van der Waals surface area contributed by atoms with Gasteiger partial charge >= 0.3 is 0 Å². The van der Waals surface area contributed by atoms with Crippen LogP contribution in [0.5, 0.6) is 5.75 Å². The zero-order valence-electron chi connectivity index (χ0n) is 13.4. The van der Waals surface area contributed by atoms with Crippen molar-refractivity contribution in [2.24, 2.45) is 11.8 Å². The molecule has 2 nitrogen and oxygen atoms in total. The predicted molar refractivity (Wildman–Crippen MR) is 86.9 cm³/mol. The van der Waals surface area contributed by atoms with Crippen LogP contribution >= 0.6 is 0 Å². The summed E-state index contributed by atoms with van der Waals surface area (Å²) in [5.41, 5.74) is 0.838. The summed E-state index contributed by atoms with van der Waals surface area (Å²) in [6.45, 7) is 2.25. The van der Waals surface area contributed by atoms with Gasteiger partial charge in [0.15, 0.2) is 5.78 Å². The molecule has 2 heteroatoms. The minimum atomic E-state index is 0.237. The average molecular weight is 288 g/mol. The SMILES string of the molecule is CCCCCC1CCC(C(=O)c2ccc(OC)cc2)CC1. The summed E-state index contributed by atoms with van der Waals surface area (Å²) in [5.74, 6) is 2.23. The molecule has 1 fully saturated rings. The molecule has 2 rings (SSSR count). The van der Waals surface area contributed by atoms with Crippen molar-refractivity contribution in [1.29, 1.82) is 0 Å². The van der Waals surface area contributed by atoms with Crippen LogP contribution < -0.4 is 4.74 Å². The van der Waals surface area contributed by atoms with Gasteiger partial charge in [-0.2, -0.15) is 0 Å². The minimum Gasteiger partial charge on any atom is -0.497 e. The fourth-order valence-electron chi connectivity index (χ4n) is 3.39. The van der Waals surface area contributed by atoms with Crippen LogP contribution in [0.4, 0.5) is 0 Å². The summed E-state index contributed by atoms with van der Waals surface area (Å²) in [6, 6.07) is 7.55. The van der Waals surface area contributed by atoms with Gasteiger partial charge in [0.05, 0.1) is 7.11 Å². The molecule has 1 aromatic carbocycles. The maximum atomic E-state index is 12.5. The Kier molecular flexibility index (Phi) is 6.28. The van der Waals surface area contributed by atoms with E-state index in [-0.39, 0.29) is 5.92 Å². The summed E-state index contributed by atoms with van der Waals surface area (Å²) in [4.78, 5) is 12.5. The first kappa shape index (κ1) is 16.1. The third kappa shape index (κ3) is 4.59. The first-order valence-corrected chi connectivity index (χ1v) is 8.42. The van der Waals surface area contributed by atoms with Crippen LogP contribution in [-0.4, -0.2) is 12.9 Å². The lowest BCUT2D eigenvalue weighted by molar-refractivity contribution is 0.0869. The second-order valence-electron chi connectivity index (χ2n) is 6.31. The number of Topliss-reactive ketones (excluding diaryl/α,β-unsaturated/α-hetero) is 1. The molecular weight excluding hydrogens is 260 g/mol. The van der Waals surface area contributed by atoms with Crippen LogP contribution in [0, 0.1) is 11.8 Å². The van der Waals surface area contributed by atoms with E-state index in [9.17, 15) is 4.79 Å². The maximum absolute atomic E-state index is 12.5. The molecule has 0 unspecified atom stereocenters. The summed E-state index contributed by atoms with van der Waals surface area (Å²) < 4.78 is 5.14. The second kappa shape index (κ2) is 8.21.